The topological polar surface area (TPSA) is 47.1 Å². The lowest BCUT2D eigenvalue weighted by Crippen LogP contribution is -2.53. The molecule has 1 atom stereocenters. The van der Waals surface area contributed by atoms with E-state index < -0.39 is 10.0 Å². The number of rotatable bonds is 6. The zero-order valence-electron chi connectivity index (χ0n) is 19.0. The van der Waals surface area contributed by atoms with E-state index in [9.17, 15) is 12.8 Å². The molecule has 1 fully saturated rings. The lowest BCUT2D eigenvalue weighted by atomic mass is 10.1. The molecule has 3 aromatic carbocycles. The molecule has 0 N–H and O–H groups in total. The monoisotopic (exact) mass is 468 g/mol. The predicted octanol–water partition coefficient (Wildman–Crippen LogP) is 3.24. The van der Waals surface area contributed by atoms with E-state index >= 15 is 0 Å². The lowest BCUT2D eigenvalue weighted by molar-refractivity contribution is 0.179. The van der Waals surface area contributed by atoms with Crippen molar-refractivity contribution in [2.45, 2.75) is 10.9 Å². The van der Waals surface area contributed by atoms with E-state index in [4.69, 9.17) is 0 Å². The van der Waals surface area contributed by atoms with Crippen LogP contribution in [0.5, 0.6) is 0 Å². The van der Waals surface area contributed by atoms with Gasteiger partial charge in [-0.2, -0.15) is 0 Å². The Morgan fingerprint density at radius 3 is 2.24 bits per heavy atom. The quantitative estimate of drug-likeness (QED) is 0.556. The molecule has 0 amide bonds. The van der Waals surface area contributed by atoms with Crippen LogP contribution in [0.4, 0.5) is 15.8 Å². The van der Waals surface area contributed by atoms with Crippen LogP contribution in [0.1, 0.15) is 0 Å². The maximum Gasteiger partial charge on any atom is 0.265 e. The number of likely N-dealkylation sites (N-methyl/N-ethyl adjacent to an activating group) is 1. The molecular weight excluding hydrogens is 439 g/mol. The van der Waals surface area contributed by atoms with Crippen LogP contribution in [0.3, 0.4) is 0 Å². The molecule has 1 unspecified atom stereocenters. The summed E-state index contributed by atoms with van der Waals surface area (Å²) < 4.78 is 41.6. The number of anilines is 2. The van der Waals surface area contributed by atoms with E-state index in [2.05, 4.69) is 14.7 Å². The van der Waals surface area contributed by atoms with Crippen molar-refractivity contribution in [3.8, 4) is 0 Å². The Labute approximate surface area is 194 Å². The Kier molecular flexibility index (Phi) is 5.76. The highest BCUT2D eigenvalue weighted by atomic mass is 32.2. The first kappa shape index (κ1) is 22.1. The first-order valence-corrected chi connectivity index (χ1v) is 12.7. The molecule has 0 saturated carbocycles. The third-order valence-corrected chi connectivity index (χ3v) is 8.64. The van der Waals surface area contributed by atoms with Crippen LogP contribution in [0.25, 0.3) is 10.8 Å². The predicted molar refractivity (Wildman–Crippen MR) is 131 cm³/mol. The number of halogens is 1. The summed E-state index contributed by atoms with van der Waals surface area (Å²) in [6.45, 7) is 4.66. The average molecular weight is 469 g/mol. The largest absolute Gasteiger partial charge is 0.369 e. The van der Waals surface area contributed by atoms with Crippen LogP contribution in [0.15, 0.2) is 65.6 Å². The van der Waals surface area contributed by atoms with Gasteiger partial charge in [0.15, 0.2) is 0 Å². The third kappa shape index (κ3) is 4.07. The highest BCUT2D eigenvalue weighted by Gasteiger charge is 2.37. The summed E-state index contributed by atoms with van der Waals surface area (Å²) in [4.78, 5) is 7.18. The van der Waals surface area contributed by atoms with E-state index in [1.165, 1.54) is 12.1 Å². The summed E-state index contributed by atoms with van der Waals surface area (Å²) in [7, 11) is 0.453. The number of piperazine rings is 1. The van der Waals surface area contributed by atoms with Crippen LogP contribution in [-0.2, 0) is 10.0 Å². The van der Waals surface area contributed by atoms with Gasteiger partial charge < -0.3 is 9.80 Å². The Morgan fingerprint density at radius 1 is 0.909 bits per heavy atom. The first-order valence-electron chi connectivity index (χ1n) is 11.3. The number of hydrogen-bond donors (Lipinski definition) is 0. The molecule has 1 saturated heterocycles. The minimum atomic E-state index is -3.57. The van der Waals surface area contributed by atoms with Gasteiger partial charge in [0.05, 0.1) is 17.1 Å². The average Bonchev–Trinajstić information content (AvgIpc) is 3.03. The van der Waals surface area contributed by atoms with Crippen LogP contribution in [0, 0.1) is 5.82 Å². The SMILES string of the molecule is CN(C)C(CN1CCN(c2ccc(F)cc2)CC1)CN1c2cccc3cccc(c23)S1(=O)=O. The Hall–Kier alpha value is -2.68. The Bertz CT molecular complexity index is 1250. The molecule has 0 radical (unpaired) electrons. The van der Waals surface area contributed by atoms with Gasteiger partial charge in [-0.3, -0.25) is 9.21 Å². The van der Waals surface area contributed by atoms with Crippen molar-refractivity contribution in [2.75, 3.05) is 62.6 Å². The van der Waals surface area contributed by atoms with Crippen molar-refractivity contribution in [1.82, 2.24) is 9.80 Å². The molecule has 2 aliphatic rings. The highest BCUT2D eigenvalue weighted by Crippen LogP contribution is 2.42. The van der Waals surface area contributed by atoms with E-state index in [0.29, 0.717) is 11.4 Å². The number of nitrogens with zero attached hydrogens (tertiary/aromatic N) is 4. The summed E-state index contributed by atoms with van der Waals surface area (Å²) in [5.41, 5.74) is 1.81. The molecule has 2 aliphatic heterocycles. The second-order valence-electron chi connectivity index (χ2n) is 9.05. The van der Waals surface area contributed by atoms with Crippen LogP contribution < -0.4 is 9.21 Å². The van der Waals surface area contributed by atoms with Gasteiger partial charge in [0.2, 0.25) is 0 Å². The van der Waals surface area contributed by atoms with Gasteiger partial charge in [-0.1, -0.05) is 24.3 Å². The van der Waals surface area contributed by atoms with Crippen molar-refractivity contribution in [1.29, 1.82) is 0 Å². The second kappa shape index (κ2) is 8.59. The van der Waals surface area contributed by atoms with E-state index in [1.54, 1.807) is 10.4 Å². The molecule has 33 heavy (non-hydrogen) atoms. The van der Waals surface area contributed by atoms with E-state index in [-0.39, 0.29) is 11.9 Å². The Balaban J connectivity index is 1.30. The van der Waals surface area contributed by atoms with Gasteiger partial charge in [-0.05, 0) is 55.9 Å². The molecule has 0 bridgehead atoms. The van der Waals surface area contributed by atoms with Crippen molar-refractivity contribution < 1.29 is 12.8 Å². The van der Waals surface area contributed by atoms with Crippen LogP contribution in [0.2, 0.25) is 0 Å². The zero-order valence-corrected chi connectivity index (χ0v) is 19.8. The lowest BCUT2D eigenvalue weighted by Gasteiger charge is -2.39. The van der Waals surface area contributed by atoms with Crippen molar-refractivity contribution in [3.63, 3.8) is 0 Å². The smallest absolute Gasteiger partial charge is 0.265 e. The van der Waals surface area contributed by atoms with Gasteiger partial charge >= 0.3 is 0 Å². The summed E-state index contributed by atoms with van der Waals surface area (Å²) in [6, 6.07) is 18.0. The second-order valence-corrected chi connectivity index (χ2v) is 10.9. The van der Waals surface area contributed by atoms with Crippen molar-refractivity contribution >= 4 is 32.2 Å². The molecule has 2 heterocycles. The van der Waals surface area contributed by atoms with Gasteiger partial charge in [-0.25, -0.2) is 12.8 Å². The zero-order chi connectivity index (χ0) is 23.2. The van der Waals surface area contributed by atoms with Gasteiger partial charge in [-0.15, -0.1) is 0 Å². The molecule has 0 aliphatic carbocycles. The number of benzene rings is 3. The molecule has 0 aromatic heterocycles. The summed E-state index contributed by atoms with van der Waals surface area (Å²) >= 11 is 0. The fourth-order valence-corrected chi connectivity index (χ4v) is 6.62. The molecule has 5 rings (SSSR count). The standard InChI is InChI=1S/C25H29FN4O2S/c1-27(2)22(17-28-13-15-29(16-14-28)21-11-9-20(26)10-12-21)18-30-23-7-3-5-19-6-4-8-24(25(19)23)33(30,31)32/h3-12,22H,13-18H2,1-2H3. The molecule has 174 valence electrons. The van der Waals surface area contributed by atoms with Gasteiger partial charge in [0.25, 0.3) is 10.0 Å². The first-order chi connectivity index (χ1) is 15.8. The Morgan fingerprint density at radius 2 is 1.58 bits per heavy atom. The number of sulfonamides is 1. The highest BCUT2D eigenvalue weighted by molar-refractivity contribution is 7.93. The molecule has 3 aromatic rings. The van der Waals surface area contributed by atoms with E-state index in [1.807, 2.05) is 56.6 Å². The summed E-state index contributed by atoms with van der Waals surface area (Å²) in [5, 5.41) is 1.78. The summed E-state index contributed by atoms with van der Waals surface area (Å²) in [5.74, 6) is -0.221. The fraction of sp³-hybridized carbons (Fsp3) is 0.360. The fourth-order valence-electron chi connectivity index (χ4n) is 4.87. The van der Waals surface area contributed by atoms with E-state index in [0.717, 1.165) is 54.9 Å². The molecule has 0 spiro atoms. The van der Waals surface area contributed by atoms with Crippen molar-refractivity contribution in [3.05, 3.63) is 66.5 Å². The number of hydrogen-bond acceptors (Lipinski definition) is 5. The normalized spacial score (nSPS) is 18.9. The molecule has 6 nitrogen and oxygen atoms in total. The molecular formula is C25H29FN4O2S. The third-order valence-electron chi connectivity index (χ3n) is 6.82. The van der Waals surface area contributed by atoms with Gasteiger partial charge in [0.1, 0.15) is 5.82 Å². The molecule has 8 heteroatoms. The maximum atomic E-state index is 13.4. The maximum absolute atomic E-state index is 13.4. The van der Waals surface area contributed by atoms with Crippen LogP contribution in [-0.4, -0.2) is 77.6 Å². The van der Waals surface area contributed by atoms with Gasteiger partial charge in [0, 0.05) is 49.8 Å². The minimum absolute atomic E-state index is 0.0433. The van der Waals surface area contributed by atoms with Crippen LogP contribution >= 0.6 is 0 Å². The summed E-state index contributed by atoms with van der Waals surface area (Å²) in [6.07, 6.45) is 0. The minimum Gasteiger partial charge on any atom is -0.369 e. The van der Waals surface area contributed by atoms with Crippen molar-refractivity contribution in [2.24, 2.45) is 0 Å².